The van der Waals surface area contributed by atoms with Crippen LogP contribution in [-0.4, -0.2) is 48.8 Å². The van der Waals surface area contributed by atoms with Crippen molar-refractivity contribution in [1.29, 1.82) is 0 Å². The van der Waals surface area contributed by atoms with E-state index < -0.39 is 24.1 Å². The number of carbonyl (C=O) groups excluding carboxylic acids is 2. The van der Waals surface area contributed by atoms with Gasteiger partial charge >= 0.3 is 12.0 Å². The fourth-order valence-corrected chi connectivity index (χ4v) is 4.15. The van der Waals surface area contributed by atoms with E-state index in [0.29, 0.717) is 38.3 Å². The van der Waals surface area contributed by atoms with E-state index >= 15 is 0 Å². The summed E-state index contributed by atoms with van der Waals surface area (Å²) >= 11 is 0. The second kappa shape index (κ2) is 14.4. The van der Waals surface area contributed by atoms with Crippen LogP contribution in [0.25, 0.3) is 0 Å². The maximum absolute atomic E-state index is 13.0. The minimum absolute atomic E-state index is 0.276. The van der Waals surface area contributed by atoms with Crippen molar-refractivity contribution >= 4 is 17.9 Å². The van der Waals surface area contributed by atoms with E-state index in [1.165, 1.54) is 6.42 Å². The molecule has 1 aliphatic carbocycles. The Hall–Kier alpha value is -2.81. The van der Waals surface area contributed by atoms with Crippen LogP contribution in [0.2, 0.25) is 0 Å². The fourth-order valence-electron chi connectivity index (χ4n) is 4.15. The molecule has 0 radical (unpaired) electrons. The summed E-state index contributed by atoms with van der Waals surface area (Å²) in [6, 6.07) is 4.99. The number of carbonyl (C=O) groups is 3. The Kier molecular flexibility index (Phi) is 11.5. The molecule has 184 valence electrons. The van der Waals surface area contributed by atoms with E-state index in [4.69, 9.17) is 10.5 Å². The summed E-state index contributed by atoms with van der Waals surface area (Å²) in [7, 11) is 1.59. The molecular formula is C24H38N4O5. The van der Waals surface area contributed by atoms with Crippen LogP contribution in [0.4, 0.5) is 4.79 Å². The second-order valence-corrected chi connectivity index (χ2v) is 8.65. The summed E-state index contributed by atoms with van der Waals surface area (Å²) in [5.74, 6) is -0.287. The molecule has 3 amide bonds. The second-order valence-electron chi connectivity index (χ2n) is 8.65. The number of unbranched alkanes of at least 4 members (excludes halogenated alkanes) is 1. The van der Waals surface area contributed by atoms with Crippen molar-refractivity contribution in [3.8, 4) is 5.75 Å². The smallest absolute Gasteiger partial charge is 0.326 e. The number of nitrogens with two attached hydrogens (primary N) is 1. The highest BCUT2D eigenvalue weighted by Gasteiger charge is 2.27. The molecule has 2 atom stereocenters. The first kappa shape index (κ1) is 26.4. The van der Waals surface area contributed by atoms with Crippen LogP contribution in [0.1, 0.15) is 63.4 Å². The molecule has 1 fully saturated rings. The van der Waals surface area contributed by atoms with Gasteiger partial charge in [0.05, 0.1) is 7.11 Å². The van der Waals surface area contributed by atoms with E-state index in [1.807, 2.05) is 24.3 Å². The first-order valence-electron chi connectivity index (χ1n) is 11.8. The van der Waals surface area contributed by atoms with Crippen LogP contribution in [-0.2, 0) is 16.1 Å². The van der Waals surface area contributed by atoms with E-state index in [9.17, 15) is 19.5 Å². The number of hydrogen-bond acceptors (Lipinski definition) is 5. The largest absolute Gasteiger partial charge is 0.497 e. The molecule has 0 aromatic heterocycles. The number of hydrogen-bond donors (Lipinski definition) is 5. The van der Waals surface area contributed by atoms with Gasteiger partial charge in [-0.2, -0.15) is 0 Å². The average molecular weight is 463 g/mol. The predicted molar refractivity (Wildman–Crippen MR) is 126 cm³/mol. The molecular weight excluding hydrogens is 424 g/mol. The van der Waals surface area contributed by atoms with Crippen molar-refractivity contribution in [1.82, 2.24) is 16.0 Å². The summed E-state index contributed by atoms with van der Waals surface area (Å²) < 4.78 is 5.15. The number of carboxylic acid groups (broad SMARTS) is 1. The van der Waals surface area contributed by atoms with Crippen molar-refractivity contribution in [3.63, 3.8) is 0 Å². The van der Waals surface area contributed by atoms with Gasteiger partial charge in [-0.15, -0.1) is 0 Å². The van der Waals surface area contributed by atoms with Gasteiger partial charge in [0.1, 0.15) is 17.8 Å². The number of nitrogens with one attached hydrogen (secondary N) is 3. The zero-order valence-corrected chi connectivity index (χ0v) is 19.5. The standard InChI is InChI=1S/C24H38N4O5/c1-33-19-12-10-18(11-13-19)16-26-22(29)21(15-17-7-3-2-4-8-17)28-24(32)27-20(23(30)31)9-5-6-14-25/h10-13,17,20-21H,2-9,14-16,25H2,1H3,(H,26,29)(H,30,31)(H2,27,28,32)/t20?,21-/m1/s1. The Balaban J connectivity index is 1.97. The molecule has 1 aromatic rings. The van der Waals surface area contributed by atoms with Crippen molar-refractivity contribution < 1.29 is 24.2 Å². The van der Waals surface area contributed by atoms with E-state index in [1.54, 1.807) is 7.11 Å². The molecule has 1 aromatic carbocycles. The molecule has 6 N–H and O–H groups in total. The molecule has 0 saturated heterocycles. The SMILES string of the molecule is COc1ccc(CNC(=O)[C@@H](CC2CCCCC2)NC(=O)NC(CCCCN)C(=O)O)cc1. The predicted octanol–water partition coefficient (Wildman–Crippen LogP) is 2.53. The molecule has 33 heavy (non-hydrogen) atoms. The summed E-state index contributed by atoms with van der Waals surface area (Å²) in [4.78, 5) is 37.1. The minimum Gasteiger partial charge on any atom is -0.497 e. The van der Waals surface area contributed by atoms with Gasteiger partial charge in [-0.05, 0) is 55.8 Å². The van der Waals surface area contributed by atoms with E-state index in [-0.39, 0.29) is 12.3 Å². The first-order chi connectivity index (χ1) is 15.9. The number of ether oxygens (including phenoxy) is 1. The highest BCUT2D eigenvalue weighted by Crippen LogP contribution is 2.27. The van der Waals surface area contributed by atoms with Crippen molar-refractivity contribution in [2.24, 2.45) is 11.7 Å². The van der Waals surface area contributed by atoms with Crippen molar-refractivity contribution in [3.05, 3.63) is 29.8 Å². The van der Waals surface area contributed by atoms with Gasteiger partial charge in [0.25, 0.3) is 0 Å². The third-order valence-corrected chi connectivity index (χ3v) is 6.09. The Morgan fingerprint density at radius 2 is 1.73 bits per heavy atom. The molecule has 9 heteroatoms. The molecule has 1 unspecified atom stereocenters. The molecule has 0 spiro atoms. The highest BCUT2D eigenvalue weighted by atomic mass is 16.5. The Bertz CT molecular complexity index is 750. The lowest BCUT2D eigenvalue weighted by Gasteiger charge is -2.27. The zero-order valence-electron chi connectivity index (χ0n) is 19.5. The molecule has 0 aliphatic heterocycles. The lowest BCUT2D eigenvalue weighted by molar-refractivity contribution is -0.139. The average Bonchev–Trinajstić information content (AvgIpc) is 2.82. The van der Waals surface area contributed by atoms with Gasteiger partial charge in [0.2, 0.25) is 5.91 Å². The van der Waals surface area contributed by atoms with Crippen LogP contribution in [0.3, 0.4) is 0 Å². The summed E-state index contributed by atoms with van der Waals surface area (Å²) in [6.45, 7) is 0.792. The monoisotopic (exact) mass is 462 g/mol. The zero-order chi connectivity index (χ0) is 24.1. The summed E-state index contributed by atoms with van der Waals surface area (Å²) in [5.41, 5.74) is 6.38. The van der Waals surface area contributed by atoms with E-state index in [0.717, 1.165) is 37.0 Å². The third-order valence-electron chi connectivity index (χ3n) is 6.09. The van der Waals surface area contributed by atoms with Gasteiger partial charge in [-0.25, -0.2) is 9.59 Å². The third kappa shape index (κ3) is 9.69. The minimum atomic E-state index is -1.10. The number of amides is 3. The van der Waals surface area contributed by atoms with Crippen LogP contribution in [0, 0.1) is 5.92 Å². The lowest BCUT2D eigenvalue weighted by Crippen LogP contribution is -2.53. The summed E-state index contributed by atoms with van der Waals surface area (Å²) in [6.07, 6.45) is 7.61. The van der Waals surface area contributed by atoms with Gasteiger partial charge in [0.15, 0.2) is 0 Å². The number of methoxy groups -OCH3 is 1. The van der Waals surface area contributed by atoms with Gasteiger partial charge in [0, 0.05) is 6.54 Å². The van der Waals surface area contributed by atoms with Crippen LogP contribution in [0.15, 0.2) is 24.3 Å². The number of rotatable bonds is 13. The van der Waals surface area contributed by atoms with Gasteiger partial charge < -0.3 is 31.5 Å². The normalized spacial score (nSPS) is 15.8. The van der Waals surface area contributed by atoms with Crippen LogP contribution in [0.5, 0.6) is 5.75 Å². The number of carboxylic acids is 1. The number of benzene rings is 1. The number of aliphatic carboxylic acids is 1. The molecule has 2 rings (SSSR count). The first-order valence-corrected chi connectivity index (χ1v) is 11.8. The maximum atomic E-state index is 13.0. The molecule has 0 heterocycles. The quantitative estimate of drug-likeness (QED) is 0.285. The Morgan fingerprint density at radius 3 is 2.33 bits per heavy atom. The maximum Gasteiger partial charge on any atom is 0.326 e. The lowest BCUT2D eigenvalue weighted by atomic mass is 9.84. The van der Waals surface area contributed by atoms with Gasteiger partial charge in [-0.1, -0.05) is 44.2 Å². The summed E-state index contributed by atoms with van der Waals surface area (Å²) in [5, 5.41) is 17.5. The Morgan fingerprint density at radius 1 is 1.06 bits per heavy atom. The molecule has 1 aliphatic rings. The van der Waals surface area contributed by atoms with Gasteiger partial charge in [-0.3, -0.25) is 4.79 Å². The highest BCUT2D eigenvalue weighted by molar-refractivity contribution is 5.88. The topological polar surface area (TPSA) is 143 Å². The molecule has 9 nitrogen and oxygen atoms in total. The fraction of sp³-hybridized carbons (Fsp3) is 0.625. The Labute approximate surface area is 195 Å². The van der Waals surface area contributed by atoms with Crippen LogP contribution < -0.4 is 26.4 Å². The van der Waals surface area contributed by atoms with Crippen molar-refractivity contribution in [2.75, 3.05) is 13.7 Å². The molecule has 0 bridgehead atoms. The molecule has 1 saturated carbocycles. The van der Waals surface area contributed by atoms with E-state index in [2.05, 4.69) is 16.0 Å². The van der Waals surface area contributed by atoms with Crippen LogP contribution >= 0.6 is 0 Å². The number of urea groups is 1. The van der Waals surface area contributed by atoms with Crippen molar-refractivity contribution in [2.45, 2.75) is 76.4 Å².